The number of unbranched alkanes of at least 4 members (excludes halogenated alkanes) is 21. The molecule has 0 radical (unpaired) electrons. The first-order chi connectivity index (χ1) is 27.0. The quantitative estimate of drug-likeness (QED) is 0.0203. The molecule has 1 unspecified atom stereocenters. The highest BCUT2D eigenvalue weighted by Crippen LogP contribution is 2.13. The molecule has 0 heterocycles. The Balaban J connectivity index is 4.40. The van der Waals surface area contributed by atoms with Crippen LogP contribution in [0, 0.1) is 0 Å². The van der Waals surface area contributed by atoms with Crippen molar-refractivity contribution in [1.29, 1.82) is 0 Å². The Morgan fingerprint density at radius 1 is 0.382 bits per heavy atom. The minimum Gasteiger partial charge on any atom is -0.462 e. The summed E-state index contributed by atoms with van der Waals surface area (Å²) in [5.74, 6) is -0.926. The molecule has 0 aliphatic carbocycles. The SMILES string of the molecule is CC\C=C/C=C\C=C/CCCCCCCCCC(=O)OCC(COC(=O)CCCCCC/C=C\CCCC)OC(=O)CCCCCCC/C=C\CCCCC. The lowest BCUT2D eigenvalue weighted by Gasteiger charge is -2.18. The van der Waals surface area contributed by atoms with Crippen molar-refractivity contribution in [2.24, 2.45) is 0 Å². The van der Waals surface area contributed by atoms with Gasteiger partial charge >= 0.3 is 17.9 Å². The fraction of sp³-hybridized carbons (Fsp3) is 0.735. The van der Waals surface area contributed by atoms with E-state index in [1.165, 1.54) is 70.6 Å². The van der Waals surface area contributed by atoms with E-state index in [1.54, 1.807) is 0 Å². The third-order valence-electron chi connectivity index (χ3n) is 9.54. The maximum Gasteiger partial charge on any atom is 0.306 e. The molecule has 0 N–H and O–H groups in total. The van der Waals surface area contributed by atoms with E-state index in [0.29, 0.717) is 19.3 Å². The van der Waals surface area contributed by atoms with Crippen molar-refractivity contribution in [1.82, 2.24) is 0 Å². The molecule has 0 amide bonds. The number of allylic oxidation sites excluding steroid dienone is 10. The molecule has 0 rings (SSSR count). The summed E-state index contributed by atoms with van der Waals surface area (Å²) in [6.45, 7) is 6.40. The lowest BCUT2D eigenvalue weighted by Crippen LogP contribution is -2.30. The van der Waals surface area contributed by atoms with E-state index in [9.17, 15) is 14.4 Å². The Labute approximate surface area is 339 Å². The lowest BCUT2D eigenvalue weighted by atomic mass is 10.1. The molecule has 0 aliphatic heterocycles. The number of rotatable bonds is 40. The topological polar surface area (TPSA) is 78.9 Å². The monoisotopic (exact) mass is 769 g/mol. The van der Waals surface area contributed by atoms with Crippen LogP contribution in [0.5, 0.6) is 0 Å². The fourth-order valence-corrected chi connectivity index (χ4v) is 6.06. The van der Waals surface area contributed by atoms with Gasteiger partial charge in [-0.1, -0.05) is 171 Å². The molecule has 55 heavy (non-hydrogen) atoms. The number of hydrogen-bond donors (Lipinski definition) is 0. The zero-order chi connectivity index (χ0) is 40.1. The van der Waals surface area contributed by atoms with Crippen molar-refractivity contribution in [3.05, 3.63) is 60.8 Å². The summed E-state index contributed by atoms with van der Waals surface area (Å²) in [5.41, 5.74) is 0. The molecular weight excluding hydrogens is 685 g/mol. The maximum absolute atomic E-state index is 12.7. The Morgan fingerprint density at radius 3 is 1.20 bits per heavy atom. The number of hydrogen-bond acceptors (Lipinski definition) is 6. The lowest BCUT2D eigenvalue weighted by molar-refractivity contribution is -0.167. The summed E-state index contributed by atoms with van der Waals surface area (Å²) >= 11 is 0. The summed E-state index contributed by atoms with van der Waals surface area (Å²) in [6, 6.07) is 0. The molecular formula is C49H84O6. The number of carbonyl (C=O) groups excluding carboxylic acids is 3. The van der Waals surface area contributed by atoms with Gasteiger partial charge < -0.3 is 14.2 Å². The molecule has 316 valence electrons. The van der Waals surface area contributed by atoms with Gasteiger partial charge in [-0.25, -0.2) is 0 Å². The van der Waals surface area contributed by atoms with Crippen LogP contribution in [0.3, 0.4) is 0 Å². The molecule has 0 aliphatic rings. The van der Waals surface area contributed by atoms with Crippen molar-refractivity contribution >= 4 is 17.9 Å². The largest absolute Gasteiger partial charge is 0.462 e. The van der Waals surface area contributed by atoms with Gasteiger partial charge in [-0.2, -0.15) is 0 Å². The molecule has 0 fully saturated rings. The summed E-state index contributed by atoms with van der Waals surface area (Å²) in [5, 5.41) is 0. The Kier molecular flexibility index (Phi) is 41.5. The molecule has 6 heteroatoms. The Hall–Kier alpha value is -2.89. The van der Waals surface area contributed by atoms with E-state index in [-0.39, 0.29) is 31.1 Å². The van der Waals surface area contributed by atoms with Crippen LogP contribution in [0.15, 0.2) is 60.8 Å². The van der Waals surface area contributed by atoms with Crippen LogP contribution in [0.1, 0.15) is 213 Å². The second-order valence-electron chi connectivity index (χ2n) is 15.0. The van der Waals surface area contributed by atoms with Gasteiger partial charge in [0.2, 0.25) is 0 Å². The first kappa shape index (κ1) is 52.1. The molecule has 0 aromatic carbocycles. The normalized spacial score (nSPS) is 12.6. The molecule has 0 bridgehead atoms. The van der Waals surface area contributed by atoms with Crippen molar-refractivity contribution in [3.8, 4) is 0 Å². The zero-order valence-corrected chi connectivity index (χ0v) is 35.9. The minimum absolute atomic E-state index is 0.0880. The highest BCUT2D eigenvalue weighted by molar-refractivity contribution is 5.71. The van der Waals surface area contributed by atoms with E-state index >= 15 is 0 Å². The highest BCUT2D eigenvalue weighted by atomic mass is 16.6. The minimum atomic E-state index is -0.784. The average Bonchev–Trinajstić information content (AvgIpc) is 3.18. The van der Waals surface area contributed by atoms with Crippen molar-refractivity contribution in [3.63, 3.8) is 0 Å². The van der Waals surface area contributed by atoms with Crippen LogP contribution in [0.25, 0.3) is 0 Å². The molecule has 1 atom stereocenters. The van der Waals surface area contributed by atoms with Crippen LogP contribution >= 0.6 is 0 Å². The number of esters is 3. The fourth-order valence-electron chi connectivity index (χ4n) is 6.06. The molecule has 0 saturated heterocycles. The molecule has 6 nitrogen and oxygen atoms in total. The van der Waals surface area contributed by atoms with Gasteiger partial charge in [-0.05, 0) is 83.5 Å². The smallest absolute Gasteiger partial charge is 0.306 e. The molecule has 0 aromatic heterocycles. The number of carbonyl (C=O) groups is 3. The summed E-state index contributed by atoms with van der Waals surface area (Å²) in [6.07, 6.45) is 52.0. The van der Waals surface area contributed by atoms with Gasteiger partial charge in [0, 0.05) is 19.3 Å². The standard InChI is InChI=1S/C49H84O6/c1-4-7-10-13-16-19-22-24-25-26-28-30-33-36-39-42-48(51)54-45-46(44-53-47(50)41-38-35-32-29-21-18-15-12-9-6-3)55-49(52)43-40-37-34-31-27-23-20-17-14-11-8-5-2/h7,10,13,15-20,22,46H,4-6,8-9,11-12,14,21,23-45H2,1-3H3/b10-7-,16-13-,18-15-,20-17-,22-19-. The van der Waals surface area contributed by atoms with Gasteiger partial charge in [0.05, 0.1) is 0 Å². The summed E-state index contributed by atoms with van der Waals surface area (Å²) in [4.78, 5) is 37.7. The van der Waals surface area contributed by atoms with Gasteiger partial charge in [0.1, 0.15) is 13.2 Å². The average molecular weight is 769 g/mol. The molecule has 0 aromatic rings. The van der Waals surface area contributed by atoms with Crippen molar-refractivity contribution in [2.45, 2.75) is 219 Å². The van der Waals surface area contributed by atoms with Gasteiger partial charge in [-0.15, -0.1) is 0 Å². The predicted molar refractivity (Wildman–Crippen MR) is 233 cm³/mol. The van der Waals surface area contributed by atoms with E-state index in [2.05, 4.69) is 81.5 Å². The number of ether oxygens (including phenoxy) is 3. The second-order valence-corrected chi connectivity index (χ2v) is 15.0. The third-order valence-corrected chi connectivity index (χ3v) is 9.54. The van der Waals surface area contributed by atoms with Crippen molar-refractivity contribution in [2.75, 3.05) is 13.2 Å². The van der Waals surface area contributed by atoms with E-state index in [4.69, 9.17) is 14.2 Å². The second kappa shape index (κ2) is 43.8. The van der Waals surface area contributed by atoms with E-state index in [1.807, 2.05) is 0 Å². The Morgan fingerprint density at radius 2 is 0.745 bits per heavy atom. The third kappa shape index (κ3) is 42.1. The van der Waals surface area contributed by atoms with Crippen LogP contribution in [0.4, 0.5) is 0 Å². The molecule has 0 spiro atoms. The van der Waals surface area contributed by atoms with Gasteiger partial charge in [0.15, 0.2) is 6.10 Å². The van der Waals surface area contributed by atoms with Gasteiger partial charge in [0.25, 0.3) is 0 Å². The van der Waals surface area contributed by atoms with Crippen LogP contribution in [-0.4, -0.2) is 37.2 Å². The van der Waals surface area contributed by atoms with Crippen LogP contribution in [-0.2, 0) is 28.6 Å². The van der Waals surface area contributed by atoms with E-state index in [0.717, 1.165) is 103 Å². The zero-order valence-electron chi connectivity index (χ0n) is 35.9. The first-order valence-electron chi connectivity index (χ1n) is 22.8. The summed E-state index contributed by atoms with van der Waals surface area (Å²) < 4.78 is 16.7. The van der Waals surface area contributed by atoms with Crippen molar-refractivity contribution < 1.29 is 28.6 Å². The Bertz CT molecular complexity index is 1020. The first-order valence-corrected chi connectivity index (χ1v) is 22.8. The predicted octanol–water partition coefficient (Wildman–Crippen LogP) is 14.5. The highest BCUT2D eigenvalue weighted by Gasteiger charge is 2.19. The summed E-state index contributed by atoms with van der Waals surface area (Å²) in [7, 11) is 0. The maximum atomic E-state index is 12.7. The van der Waals surface area contributed by atoms with Gasteiger partial charge in [-0.3, -0.25) is 14.4 Å². The van der Waals surface area contributed by atoms with E-state index < -0.39 is 6.10 Å². The van der Waals surface area contributed by atoms with Crippen LogP contribution < -0.4 is 0 Å². The van der Waals surface area contributed by atoms with Crippen LogP contribution in [0.2, 0.25) is 0 Å². The molecule has 0 saturated carbocycles.